The highest BCUT2D eigenvalue weighted by Gasteiger charge is 2.29. The molecule has 0 bridgehead atoms. The van der Waals surface area contributed by atoms with Gasteiger partial charge in [0.05, 0.1) is 12.1 Å². The SMILES string of the molecule is Cc1cccc(CNCC(=O)Nc2ccc(C(F)(F)F)cc2)c1. The second-order valence-corrected chi connectivity index (χ2v) is 5.22. The van der Waals surface area contributed by atoms with Crippen molar-refractivity contribution in [3.63, 3.8) is 0 Å². The number of aryl methyl sites for hydroxylation is 1. The molecule has 1 amide bonds. The van der Waals surface area contributed by atoms with Gasteiger partial charge in [0.15, 0.2) is 0 Å². The Hall–Kier alpha value is -2.34. The molecule has 2 rings (SSSR count). The predicted octanol–water partition coefficient (Wildman–Crippen LogP) is 3.74. The van der Waals surface area contributed by atoms with Crippen LogP contribution in [0.15, 0.2) is 48.5 Å². The van der Waals surface area contributed by atoms with Crippen LogP contribution in [0.3, 0.4) is 0 Å². The first kappa shape index (κ1) is 17.0. The summed E-state index contributed by atoms with van der Waals surface area (Å²) in [4.78, 5) is 11.8. The summed E-state index contributed by atoms with van der Waals surface area (Å²) in [5, 5.41) is 5.54. The topological polar surface area (TPSA) is 41.1 Å². The summed E-state index contributed by atoms with van der Waals surface area (Å²) in [6, 6.07) is 12.2. The molecule has 0 atom stereocenters. The second-order valence-electron chi connectivity index (χ2n) is 5.22. The average molecular weight is 322 g/mol. The fraction of sp³-hybridized carbons (Fsp3) is 0.235. The van der Waals surface area contributed by atoms with Gasteiger partial charge >= 0.3 is 6.18 Å². The van der Waals surface area contributed by atoms with Gasteiger partial charge in [-0.05, 0) is 36.8 Å². The summed E-state index contributed by atoms with van der Waals surface area (Å²) in [5.74, 6) is -0.308. The molecule has 6 heteroatoms. The Balaban J connectivity index is 1.80. The highest BCUT2D eigenvalue weighted by Crippen LogP contribution is 2.29. The van der Waals surface area contributed by atoms with Gasteiger partial charge in [-0.1, -0.05) is 29.8 Å². The summed E-state index contributed by atoms with van der Waals surface area (Å²) in [6.45, 7) is 2.61. The molecule has 0 saturated carbocycles. The molecule has 2 N–H and O–H groups in total. The fourth-order valence-electron chi connectivity index (χ4n) is 2.09. The van der Waals surface area contributed by atoms with Crippen LogP contribution in [0, 0.1) is 6.92 Å². The van der Waals surface area contributed by atoms with Crippen molar-refractivity contribution < 1.29 is 18.0 Å². The van der Waals surface area contributed by atoms with Crippen molar-refractivity contribution >= 4 is 11.6 Å². The van der Waals surface area contributed by atoms with Crippen LogP contribution in [0.25, 0.3) is 0 Å². The minimum absolute atomic E-state index is 0.0783. The Morgan fingerprint density at radius 2 is 1.78 bits per heavy atom. The maximum Gasteiger partial charge on any atom is 0.416 e. The predicted molar refractivity (Wildman–Crippen MR) is 83.0 cm³/mol. The molecule has 2 aromatic carbocycles. The molecule has 0 fully saturated rings. The van der Waals surface area contributed by atoms with Crippen LogP contribution < -0.4 is 10.6 Å². The molecule has 0 radical (unpaired) electrons. The summed E-state index contributed by atoms with van der Waals surface area (Å²) in [6.07, 6.45) is -4.38. The molecule has 0 aromatic heterocycles. The molecule has 0 aliphatic heterocycles. The zero-order valence-electron chi connectivity index (χ0n) is 12.6. The van der Waals surface area contributed by atoms with Gasteiger partial charge in [0, 0.05) is 12.2 Å². The Morgan fingerprint density at radius 1 is 1.09 bits per heavy atom. The van der Waals surface area contributed by atoms with E-state index in [1.807, 2.05) is 31.2 Å². The number of hydrogen-bond acceptors (Lipinski definition) is 2. The third kappa shape index (κ3) is 5.41. The van der Waals surface area contributed by atoms with Gasteiger partial charge in [0.2, 0.25) is 5.91 Å². The van der Waals surface area contributed by atoms with Gasteiger partial charge in [-0.25, -0.2) is 0 Å². The summed E-state index contributed by atoms with van der Waals surface area (Å²) in [7, 11) is 0. The number of carbonyl (C=O) groups is 1. The monoisotopic (exact) mass is 322 g/mol. The van der Waals surface area contributed by atoms with Gasteiger partial charge in [-0.3, -0.25) is 4.79 Å². The number of halogens is 3. The number of rotatable bonds is 5. The van der Waals surface area contributed by atoms with Crippen molar-refractivity contribution in [2.24, 2.45) is 0 Å². The largest absolute Gasteiger partial charge is 0.416 e. The van der Waals surface area contributed by atoms with E-state index in [0.717, 1.165) is 23.3 Å². The van der Waals surface area contributed by atoms with Crippen LogP contribution in [0.2, 0.25) is 0 Å². The molecule has 0 spiro atoms. The number of benzene rings is 2. The minimum Gasteiger partial charge on any atom is -0.325 e. The van der Waals surface area contributed by atoms with E-state index < -0.39 is 11.7 Å². The van der Waals surface area contributed by atoms with Gasteiger partial charge in [0.1, 0.15) is 0 Å². The molecular weight excluding hydrogens is 305 g/mol. The third-order valence-corrected chi connectivity index (χ3v) is 3.19. The number of anilines is 1. The molecule has 0 unspecified atom stereocenters. The van der Waals surface area contributed by atoms with Crippen molar-refractivity contribution in [3.8, 4) is 0 Å². The van der Waals surface area contributed by atoms with E-state index in [2.05, 4.69) is 10.6 Å². The normalized spacial score (nSPS) is 11.3. The first-order valence-electron chi connectivity index (χ1n) is 7.08. The fourth-order valence-corrected chi connectivity index (χ4v) is 2.09. The van der Waals surface area contributed by atoms with Crippen LogP contribution in [-0.4, -0.2) is 12.5 Å². The maximum atomic E-state index is 12.4. The van der Waals surface area contributed by atoms with Crippen LogP contribution in [0.5, 0.6) is 0 Å². The number of nitrogens with one attached hydrogen (secondary N) is 2. The Bertz CT molecular complexity index is 666. The van der Waals surface area contributed by atoms with Crippen LogP contribution in [-0.2, 0) is 17.5 Å². The molecule has 2 aromatic rings. The van der Waals surface area contributed by atoms with E-state index in [1.165, 1.54) is 12.1 Å². The molecule has 0 aliphatic rings. The average Bonchev–Trinajstić information content (AvgIpc) is 2.47. The lowest BCUT2D eigenvalue weighted by Gasteiger charge is -2.09. The third-order valence-electron chi connectivity index (χ3n) is 3.19. The molecule has 23 heavy (non-hydrogen) atoms. The number of alkyl halides is 3. The van der Waals surface area contributed by atoms with Crippen molar-refractivity contribution in [1.82, 2.24) is 5.32 Å². The lowest BCUT2D eigenvalue weighted by Crippen LogP contribution is -2.27. The van der Waals surface area contributed by atoms with Gasteiger partial charge < -0.3 is 10.6 Å². The zero-order valence-corrected chi connectivity index (χ0v) is 12.6. The Morgan fingerprint density at radius 3 is 2.39 bits per heavy atom. The molecular formula is C17H17F3N2O. The standard InChI is InChI=1S/C17H17F3N2O/c1-12-3-2-4-13(9-12)10-21-11-16(23)22-15-7-5-14(6-8-15)17(18,19)20/h2-9,21H,10-11H2,1H3,(H,22,23). The lowest BCUT2D eigenvalue weighted by atomic mass is 10.1. The first-order chi connectivity index (χ1) is 10.8. The quantitative estimate of drug-likeness (QED) is 0.880. The molecule has 122 valence electrons. The molecule has 0 aliphatic carbocycles. The zero-order chi connectivity index (χ0) is 16.9. The van der Waals surface area contributed by atoms with Crippen molar-refractivity contribution in [2.45, 2.75) is 19.6 Å². The number of carbonyl (C=O) groups excluding carboxylic acids is 1. The minimum atomic E-state index is -4.38. The van der Waals surface area contributed by atoms with Crippen LogP contribution >= 0.6 is 0 Å². The highest BCUT2D eigenvalue weighted by molar-refractivity contribution is 5.92. The van der Waals surface area contributed by atoms with E-state index in [4.69, 9.17) is 0 Å². The number of hydrogen-bond donors (Lipinski definition) is 2. The van der Waals surface area contributed by atoms with Gasteiger partial charge in [0.25, 0.3) is 0 Å². The Labute approximate surface area is 132 Å². The summed E-state index contributed by atoms with van der Waals surface area (Å²) < 4.78 is 37.3. The van der Waals surface area contributed by atoms with Crippen molar-refractivity contribution in [3.05, 3.63) is 65.2 Å². The van der Waals surface area contributed by atoms with Crippen molar-refractivity contribution in [1.29, 1.82) is 0 Å². The highest BCUT2D eigenvalue weighted by atomic mass is 19.4. The maximum absolute atomic E-state index is 12.4. The van der Waals surface area contributed by atoms with E-state index >= 15 is 0 Å². The molecule has 3 nitrogen and oxygen atoms in total. The summed E-state index contributed by atoms with van der Waals surface area (Å²) >= 11 is 0. The van der Waals surface area contributed by atoms with Gasteiger partial charge in [-0.15, -0.1) is 0 Å². The number of amides is 1. The van der Waals surface area contributed by atoms with E-state index in [0.29, 0.717) is 12.2 Å². The lowest BCUT2D eigenvalue weighted by molar-refractivity contribution is -0.137. The van der Waals surface area contributed by atoms with Crippen LogP contribution in [0.1, 0.15) is 16.7 Å². The van der Waals surface area contributed by atoms with Crippen molar-refractivity contribution in [2.75, 3.05) is 11.9 Å². The van der Waals surface area contributed by atoms with Gasteiger partial charge in [-0.2, -0.15) is 13.2 Å². The molecule has 0 heterocycles. The smallest absolute Gasteiger partial charge is 0.325 e. The Kier molecular flexibility index (Phi) is 5.39. The van der Waals surface area contributed by atoms with Crippen LogP contribution in [0.4, 0.5) is 18.9 Å². The second kappa shape index (κ2) is 7.28. The van der Waals surface area contributed by atoms with E-state index in [-0.39, 0.29) is 12.5 Å². The summed E-state index contributed by atoms with van der Waals surface area (Å²) in [5.41, 5.74) is 1.79. The van der Waals surface area contributed by atoms with E-state index in [1.54, 1.807) is 0 Å². The molecule has 0 saturated heterocycles. The van der Waals surface area contributed by atoms with E-state index in [9.17, 15) is 18.0 Å². The first-order valence-corrected chi connectivity index (χ1v) is 7.08.